The van der Waals surface area contributed by atoms with E-state index in [1.54, 1.807) is 19.3 Å². The van der Waals surface area contributed by atoms with Crippen LogP contribution in [0, 0.1) is 0 Å². The average Bonchev–Trinajstić information content (AvgIpc) is 2.09. The summed E-state index contributed by atoms with van der Waals surface area (Å²) in [7, 11) is 1.62. The first-order valence-corrected chi connectivity index (χ1v) is 3.83. The Morgan fingerprint density at radius 1 is 1.85 bits per heavy atom. The number of nitrogen functional groups attached to an aromatic ring is 1. The van der Waals surface area contributed by atoms with Crippen molar-refractivity contribution in [3.63, 3.8) is 0 Å². The fraction of sp³-hybridized carbons (Fsp3) is 0.250. The summed E-state index contributed by atoms with van der Waals surface area (Å²) in [6, 6.07) is 0. The first kappa shape index (κ1) is 9.31. The van der Waals surface area contributed by atoms with Crippen molar-refractivity contribution in [2.24, 2.45) is 7.05 Å². The second-order valence-corrected chi connectivity index (χ2v) is 2.60. The van der Waals surface area contributed by atoms with Crippen molar-refractivity contribution in [2.75, 3.05) is 17.6 Å². The van der Waals surface area contributed by atoms with E-state index in [0.29, 0.717) is 12.2 Å². The number of anilines is 2. The summed E-state index contributed by atoms with van der Waals surface area (Å²) in [5.74, 6) is 0.213. The minimum Gasteiger partial charge on any atom is -0.382 e. The maximum absolute atomic E-state index is 11.0. The molecule has 5 heteroatoms. The van der Waals surface area contributed by atoms with Gasteiger partial charge >= 0.3 is 5.69 Å². The lowest BCUT2D eigenvalue weighted by molar-refractivity contribution is 0.815. The molecule has 0 aliphatic heterocycles. The van der Waals surface area contributed by atoms with Crippen LogP contribution >= 0.6 is 0 Å². The van der Waals surface area contributed by atoms with Gasteiger partial charge in [0.15, 0.2) is 5.82 Å². The third-order valence-corrected chi connectivity index (χ3v) is 1.55. The van der Waals surface area contributed by atoms with E-state index in [1.165, 1.54) is 4.57 Å². The Morgan fingerprint density at radius 2 is 2.54 bits per heavy atom. The van der Waals surface area contributed by atoms with Crippen LogP contribution in [-0.4, -0.2) is 16.1 Å². The molecule has 0 aliphatic carbocycles. The van der Waals surface area contributed by atoms with Crippen molar-refractivity contribution in [1.82, 2.24) is 9.55 Å². The summed E-state index contributed by atoms with van der Waals surface area (Å²) in [4.78, 5) is 14.6. The number of nitrogens with two attached hydrogens (primary N) is 1. The van der Waals surface area contributed by atoms with Crippen LogP contribution in [0.15, 0.2) is 23.6 Å². The third kappa shape index (κ3) is 2.08. The molecule has 5 nitrogen and oxygen atoms in total. The van der Waals surface area contributed by atoms with Crippen LogP contribution < -0.4 is 16.7 Å². The van der Waals surface area contributed by atoms with Crippen LogP contribution in [0.3, 0.4) is 0 Å². The van der Waals surface area contributed by atoms with E-state index >= 15 is 0 Å². The molecule has 0 atom stereocenters. The molecule has 0 unspecified atom stereocenters. The van der Waals surface area contributed by atoms with Crippen LogP contribution in [0.2, 0.25) is 0 Å². The van der Waals surface area contributed by atoms with E-state index < -0.39 is 0 Å². The molecule has 1 rings (SSSR count). The van der Waals surface area contributed by atoms with Crippen molar-refractivity contribution in [3.05, 3.63) is 29.3 Å². The molecule has 1 heterocycles. The van der Waals surface area contributed by atoms with Crippen LogP contribution in [-0.2, 0) is 7.05 Å². The maximum Gasteiger partial charge on any atom is 0.349 e. The minimum atomic E-state index is -0.360. The molecule has 70 valence electrons. The van der Waals surface area contributed by atoms with Crippen molar-refractivity contribution in [1.29, 1.82) is 0 Å². The molecule has 1 aromatic heterocycles. The number of rotatable bonds is 3. The Kier molecular flexibility index (Phi) is 2.69. The third-order valence-electron chi connectivity index (χ3n) is 1.55. The number of hydrogen-bond donors (Lipinski definition) is 2. The predicted molar refractivity (Wildman–Crippen MR) is 52.6 cm³/mol. The van der Waals surface area contributed by atoms with Gasteiger partial charge in [-0.05, 0) is 0 Å². The number of hydrogen-bond acceptors (Lipinski definition) is 4. The van der Waals surface area contributed by atoms with E-state index in [4.69, 9.17) is 5.73 Å². The standard InChI is InChI=1S/C8H12N4O/c1-3-4-10-6-5-12(2)8(13)11-7(6)9/h3,5,10H,1,4H2,2H3,(H2,9,11,13). The zero-order valence-corrected chi connectivity index (χ0v) is 7.45. The first-order valence-electron chi connectivity index (χ1n) is 3.83. The predicted octanol–water partition coefficient (Wildman–Crippen LogP) is -0.0396. The molecule has 13 heavy (non-hydrogen) atoms. The van der Waals surface area contributed by atoms with Gasteiger partial charge in [0, 0.05) is 19.8 Å². The molecule has 3 N–H and O–H groups in total. The summed E-state index contributed by atoms with van der Waals surface area (Å²) in [5.41, 5.74) is 5.79. The summed E-state index contributed by atoms with van der Waals surface area (Å²) in [6.07, 6.45) is 3.30. The highest BCUT2D eigenvalue weighted by Crippen LogP contribution is 2.10. The molecule has 0 bridgehead atoms. The van der Waals surface area contributed by atoms with Gasteiger partial charge in [0.2, 0.25) is 0 Å². The van der Waals surface area contributed by atoms with E-state index in [9.17, 15) is 4.79 Å². The Hall–Kier alpha value is -1.78. The van der Waals surface area contributed by atoms with E-state index in [0.717, 1.165) is 0 Å². The van der Waals surface area contributed by atoms with Gasteiger partial charge in [-0.25, -0.2) is 4.79 Å². The van der Waals surface area contributed by atoms with Gasteiger partial charge in [0.05, 0.1) is 5.69 Å². The van der Waals surface area contributed by atoms with Crippen LogP contribution in [0.1, 0.15) is 0 Å². The second kappa shape index (κ2) is 3.75. The summed E-state index contributed by atoms with van der Waals surface area (Å²) < 4.78 is 1.36. The zero-order chi connectivity index (χ0) is 9.84. The van der Waals surface area contributed by atoms with Crippen molar-refractivity contribution < 1.29 is 0 Å². The van der Waals surface area contributed by atoms with E-state index in [-0.39, 0.29) is 11.5 Å². The van der Waals surface area contributed by atoms with Crippen LogP contribution in [0.25, 0.3) is 0 Å². The maximum atomic E-state index is 11.0. The number of nitrogens with one attached hydrogen (secondary N) is 1. The zero-order valence-electron chi connectivity index (χ0n) is 7.45. The smallest absolute Gasteiger partial charge is 0.349 e. The monoisotopic (exact) mass is 180 g/mol. The summed E-state index contributed by atoms with van der Waals surface area (Å²) in [5, 5.41) is 2.97. The molecule has 1 aromatic rings. The molecule has 0 aliphatic rings. The Labute approximate surface area is 75.9 Å². The van der Waals surface area contributed by atoms with Crippen molar-refractivity contribution in [3.8, 4) is 0 Å². The fourth-order valence-electron chi connectivity index (χ4n) is 0.875. The highest BCUT2D eigenvalue weighted by Gasteiger charge is 2.01. The molecular weight excluding hydrogens is 168 g/mol. The van der Waals surface area contributed by atoms with Gasteiger partial charge in [0.25, 0.3) is 0 Å². The molecule has 0 radical (unpaired) electrons. The fourth-order valence-corrected chi connectivity index (χ4v) is 0.875. The van der Waals surface area contributed by atoms with Crippen LogP contribution in [0.5, 0.6) is 0 Å². The van der Waals surface area contributed by atoms with Gasteiger partial charge < -0.3 is 15.6 Å². The quantitative estimate of drug-likeness (QED) is 0.640. The molecule has 0 spiro atoms. The Balaban J connectivity index is 3.01. The molecule has 0 saturated carbocycles. The summed E-state index contributed by atoms with van der Waals surface area (Å²) in [6.45, 7) is 4.14. The topological polar surface area (TPSA) is 72.9 Å². The van der Waals surface area contributed by atoms with Crippen molar-refractivity contribution in [2.45, 2.75) is 0 Å². The average molecular weight is 180 g/mol. The highest BCUT2D eigenvalue weighted by atomic mass is 16.1. The van der Waals surface area contributed by atoms with Gasteiger partial charge in [-0.2, -0.15) is 4.98 Å². The Morgan fingerprint density at radius 3 is 3.15 bits per heavy atom. The number of aryl methyl sites for hydroxylation is 1. The normalized spacial score (nSPS) is 9.62. The number of aromatic nitrogens is 2. The summed E-state index contributed by atoms with van der Waals surface area (Å²) >= 11 is 0. The van der Waals surface area contributed by atoms with Gasteiger partial charge in [-0.3, -0.25) is 0 Å². The molecule has 0 saturated heterocycles. The molecule has 0 fully saturated rings. The number of nitrogens with zero attached hydrogens (tertiary/aromatic N) is 2. The van der Waals surface area contributed by atoms with Gasteiger partial charge in [0.1, 0.15) is 0 Å². The first-order chi connectivity index (χ1) is 6.15. The SMILES string of the molecule is C=CCNc1cn(C)c(=O)nc1N. The van der Waals surface area contributed by atoms with E-state index in [2.05, 4.69) is 16.9 Å². The molecule has 0 aromatic carbocycles. The Bertz CT molecular complexity index is 369. The van der Waals surface area contributed by atoms with Gasteiger partial charge in [-0.15, -0.1) is 6.58 Å². The lowest BCUT2D eigenvalue weighted by atomic mass is 10.4. The minimum absolute atomic E-state index is 0.213. The largest absolute Gasteiger partial charge is 0.382 e. The second-order valence-electron chi connectivity index (χ2n) is 2.60. The molecular formula is C8H12N4O. The van der Waals surface area contributed by atoms with Gasteiger partial charge in [-0.1, -0.05) is 6.08 Å². The lowest BCUT2D eigenvalue weighted by Gasteiger charge is -2.06. The highest BCUT2D eigenvalue weighted by molar-refractivity contribution is 5.59. The molecule has 0 amide bonds. The van der Waals surface area contributed by atoms with Crippen molar-refractivity contribution >= 4 is 11.5 Å². The lowest BCUT2D eigenvalue weighted by Crippen LogP contribution is -2.22. The van der Waals surface area contributed by atoms with E-state index in [1.807, 2.05) is 0 Å². The van der Waals surface area contributed by atoms with Crippen LogP contribution in [0.4, 0.5) is 11.5 Å².